The first-order chi connectivity index (χ1) is 19.4. The molecule has 1 aliphatic heterocycles. The van der Waals surface area contributed by atoms with Gasteiger partial charge in [-0.1, -0.05) is 90.6 Å². The molecule has 0 bridgehead atoms. The van der Waals surface area contributed by atoms with Gasteiger partial charge in [0.1, 0.15) is 5.82 Å². The van der Waals surface area contributed by atoms with E-state index in [1.807, 2.05) is 42.2 Å². The Morgan fingerprint density at radius 3 is 2.10 bits per heavy atom. The minimum absolute atomic E-state index is 0.723. The van der Waals surface area contributed by atoms with Crippen molar-refractivity contribution < 1.29 is 0 Å². The second-order valence-corrected chi connectivity index (χ2v) is 11.0. The molecule has 39 heavy (non-hydrogen) atoms. The van der Waals surface area contributed by atoms with Gasteiger partial charge in [0.05, 0.1) is 27.8 Å². The maximum atomic E-state index is 5.08. The minimum Gasteiger partial charge on any atom is -0.307 e. The van der Waals surface area contributed by atoms with Crippen molar-refractivity contribution in [1.29, 1.82) is 0 Å². The average molecular weight is 517 g/mol. The summed E-state index contributed by atoms with van der Waals surface area (Å²) in [6, 6.07) is 40.8. The maximum Gasteiger partial charge on any atom is 0.161 e. The smallest absolute Gasteiger partial charge is 0.161 e. The summed E-state index contributed by atoms with van der Waals surface area (Å²) in [5, 5.41) is 5.06. The molecule has 0 amide bonds. The lowest BCUT2D eigenvalue weighted by Crippen LogP contribution is -2.02. The minimum atomic E-state index is 0.723. The third-order valence-electron chi connectivity index (χ3n) is 7.77. The van der Waals surface area contributed by atoms with Gasteiger partial charge >= 0.3 is 0 Å². The van der Waals surface area contributed by atoms with E-state index < -0.39 is 0 Å². The lowest BCUT2D eigenvalue weighted by molar-refractivity contribution is 1.04. The summed E-state index contributed by atoms with van der Waals surface area (Å²) in [5.41, 5.74) is 7.07. The van der Waals surface area contributed by atoms with Crippen LogP contribution in [0, 0.1) is 0 Å². The Bertz CT molecular complexity index is 2260. The molecular formula is C34H20N4S. The van der Waals surface area contributed by atoms with Crippen molar-refractivity contribution in [1.82, 2.24) is 19.1 Å². The number of aromatic nitrogens is 4. The van der Waals surface area contributed by atoms with Gasteiger partial charge in [-0.2, -0.15) is 0 Å². The Labute approximate surface area is 228 Å². The van der Waals surface area contributed by atoms with Gasteiger partial charge in [0, 0.05) is 43.1 Å². The molecule has 0 spiro atoms. The first-order valence-electron chi connectivity index (χ1n) is 13.0. The SMILES string of the molecule is c1ccc(-c2nccc(-n3c4ccccc4c4c5c6ccccc6n6c5c(cc43)Sc3ccccc3-6)n2)cc1. The van der Waals surface area contributed by atoms with Crippen LogP contribution in [0.2, 0.25) is 0 Å². The van der Waals surface area contributed by atoms with Crippen LogP contribution in [0.4, 0.5) is 0 Å². The van der Waals surface area contributed by atoms with Crippen LogP contribution in [-0.4, -0.2) is 19.1 Å². The molecular weight excluding hydrogens is 496 g/mol. The number of hydrogen-bond acceptors (Lipinski definition) is 3. The molecule has 9 rings (SSSR count). The van der Waals surface area contributed by atoms with Gasteiger partial charge in [-0.3, -0.25) is 4.57 Å². The average Bonchev–Trinajstić information content (AvgIpc) is 3.52. The van der Waals surface area contributed by atoms with E-state index in [1.54, 1.807) is 0 Å². The Morgan fingerprint density at radius 2 is 1.26 bits per heavy atom. The maximum absolute atomic E-state index is 5.08. The van der Waals surface area contributed by atoms with Gasteiger partial charge in [-0.25, -0.2) is 9.97 Å². The van der Waals surface area contributed by atoms with E-state index in [2.05, 4.69) is 105 Å². The first-order valence-corrected chi connectivity index (χ1v) is 13.8. The molecule has 5 aromatic carbocycles. The predicted octanol–water partition coefficient (Wildman–Crippen LogP) is 8.80. The van der Waals surface area contributed by atoms with Gasteiger partial charge in [-0.15, -0.1) is 0 Å². The highest BCUT2D eigenvalue weighted by Crippen LogP contribution is 2.51. The molecule has 0 atom stereocenters. The molecule has 0 saturated heterocycles. The second-order valence-electron chi connectivity index (χ2n) is 9.87. The molecule has 4 heterocycles. The van der Waals surface area contributed by atoms with Crippen LogP contribution in [0.15, 0.2) is 131 Å². The molecule has 3 aromatic heterocycles. The second kappa shape index (κ2) is 7.82. The van der Waals surface area contributed by atoms with Crippen molar-refractivity contribution in [3.05, 3.63) is 121 Å². The van der Waals surface area contributed by atoms with Crippen LogP contribution in [-0.2, 0) is 0 Å². The van der Waals surface area contributed by atoms with Gasteiger partial charge in [0.25, 0.3) is 0 Å². The predicted molar refractivity (Wildman–Crippen MR) is 160 cm³/mol. The number of nitrogens with zero attached hydrogens (tertiary/aromatic N) is 4. The van der Waals surface area contributed by atoms with Gasteiger partial charge in [0.15, 0.2) is 5.82 Å². The van der Waals surface area contributed by atoms with Crippen molar-refractivity contribution in [3.8, 4) is 22.9 Å². The summed E-state index contributed by atoms with van der Waals surface area (Å²) in [6.07, 6.45) is 1.87. The molecule has 0 saturated carbocycles. The zero-order chi connectivity index (χ0) is 25.5. The number of rotatable bonds is 2. The molecule has 4 nitrogen and oxygen atoms in total. The number of benzene rings is 5. The van der Waals surface area contributed by atoms with Gasteiger partial charge < -0.3 is 4.57 Å². The van der Waals surface area contributed by atoms with Gasteiger partial charge in [0.2, 0.25) is 0 Å². The summed E-state index contributed by atoms with van der Waals surface area (Å²) in [7, 11) is 0. The molecule has 1 aliphatic rings. The van der Waals surface area contributed by atoms with Crippen molar-refractivity contribution in [2.75, 3.05) is 0 Å². The number of fused-ring (bicyclic) bond motifs is 9. The fraction of sp³-hybridized carbons (Fsp3) is 0. The normalized spacial score (nSPS) is 12.5. The summed E-state index contributed by atoms with van der Waals surface area (Å²) in [5.74, 6) is 1.59. The topological polar surface area (TPSA) is 35.6 Å². The highest BCUT2D eigenvalue weighted by Gasteiger charge is 2.27. The highest BCUT2D eigenvalue weighted by atomic mass is 32.2. The van der Waals surface area contributed by atoms with Crippen LogP contribution in [0.25, 0.3) is 66.5 Å². The molecule has 0 unspecified atom stereocenters. The summed E-state index contributed by atoms with van der Waals surface area (Å²) >= 11 is 1.85. The van der Waals surface area contributed by atoms with E-state index in [9.17, 15) is 0 Å². The van der Waals surface area contributed by atoms with Crippen molar-refractivity contribution in [3.63, 3.8) is 0 Å². The fourth-order valence-corrected chi connectivity index (χ4v) is 7.31. The number of para-hydroxylation sites is 3. The highest BCUT2D eigenvalue weighted by molar-refractivity contribution is 7.99. The Morgan fingerprint density at radius 1 is 0.564 bits per heavy atom. The lowest BCUT2D eigenvalue weighted by atomic mass is 10.1. The van der Waals surface area contributed by atoms with E-state index >= 15 is 0 Å². The molecule has 8 aromatic rings. The van der Waals surface area contributed by atoms with Crippen LogP contribution >= 0.6 is 11.8 Å². The zero-order valence-corrected chi connectivity index (χ0v) is 21.6. The molecule has 0 N–H and O–H groups in total. The van der Waals surface area contributed by atoms with E-state index in [0.29, 0.717) is 0 Å². The van der Waals surface area contributed by atoms with Crippen LogP contribution in [0.3, 0.4) is 0 Å². The fourth-order valence-electron chi connectivity index (χ4n) is 6.20. The van der Waals surface area contributed by atoms with Crippen molar-refractivity contribution in [2.45, 2.75) is 9.79 Å². The standard InChI is InChI=1S/C34H20N4S/c1-2-10-21(11-3-1)34-35-19-18-30(36-34)37-24-14-6-4-12-22(24)31-27(37)20-29-33-32(31)23-13-5-7-15-25(23)38(33)26-16-8-9-17-28(26)39-29/h1-20H. The molecule has 0 fully saturated rings. The molecule has 0 radical (unpaired) electrons. The number of hydrogen-bond donors (Lipinski definition) is 0. The van der Waals surface area contributed by atoms with E-state index in [4.69, 9.17) is 4.98 Å². The summed E-state index contributed by atoms with van der Waals surface area (Å²) < 4.78 is 4.76. The zero-order valence-electron chi connectivity index (χ0n) is 20.7. The third kappa shape index (κ3) is 2.85. The van der Waals surface area contributed by atoms with Crippen molar-refractivity contribution >= 4 is 55.4 Å². The lowest BCUT2D eigenvalue weighted by Gasteiger charge is -2.20. The first kappa shape index (κ1) is 21.1. The molecule has 5 heteroatoms. The Hall–Kier alpha value is -4.87. The van der Waals surface area contributed by atoms with Crippen molar-refractivity contribution in [2.24, 2.45) is 0 Å². The summed E-state index contributed by atoms with van der Waals surface area (Å²) in [4.78, 5) is 12.2. The quantitative estimate of drug-likeness (QED) is 0.230. The Balaban J connectivity index is 1.47. The van der Waals surface area contributed by atoms with Crippen LogP contribution in [0.5, 0.6) is 0 Å². The monoisotopic (exact) mass is 516 g/mol. The van der Waals surface area contributed by atoms with E-state index in [-0.39, 0.29) is 0 Å². The molecule has 182 valence electrons. The largest absolute Gasteiger partial charge is 0.307 e. The van der Waals surface area contributed by atoms with Crippen LogP contribution in [0.1, 0.15) is 0 Å². The molecule has 0 aliphatic carbocycles. The summed E-state index contributed by atoms with van der Waals surface area (Å²) in [6.45, 7) is 0. The Kier molecular flexibility index (Phi) is 4.23. The van der Waals surface area contributed by atoms with Gasteiger partial charge in [-0.05, 0) is 36.4 Å². The third-order valence-corrected chi connectivity index (χ3v) is 8.86. The van der Waals surface area contributed by atoms with E-state index in [1.165, 1.54) is 48.1 Å². The van der Waals surface area contributed by atoms with E-state index in [0.717, 1.165) is 28.2 Å². The van der Waals surface area contributed by atoms with Crippen LogP contribution < -0.4 is 0 Å².